The molecule has 0 aliphatic heterocycles. The zero-order valence-electron chi connectivity index (χ0n) is 13.0. The van der Waals surface area contributed by atoms with E-state index >= 15 is 0 Å². The summed E-state index contributed by atoms with van der Waals surface area (Å²) < 4.78 is 5.32. The second kappa shape index (κ2) is 9.48. The van der Waals surface area contributed by atoms with Crippen molar-refractivity contribution in [3.05, 3.63) is 59.1 Å². The summed E-state index contributed by atoms with van der Waals surface area (Å²) in [6.07, 6.45) is 1.77. The van der Waals surface area contributed by atoms with Gasteiger partial charge in [-0.1, -0.05) is 29.8 Å². The van der Waals surface area contributed by atoms with E-state index in [4.69, 9.17) is 16.3 Å². The van der Waals surface area contributed by atoms with Gasteiger partial charge in [-0.3, -0.25) is 4.79 Å². The molecule has 0 aromatic heterocycles. The predicted molar refractivity (Wildman–Crippen MR) is 96.5 cm³/mol. The molecule has 3 nitrogen and oxygen atoms in total. The van der Waals surface area contributed by atoms with Crippen LogP contribution in [0, 0.1) is 0 Å². The number of carbonyl (C=O) groups is 1. The average molecular weight is 350 g/mol. The van der Waals surface area contributed by atoms with Gasteiger partial charge in [0.1, 0.15) is 5.75 Å². The Bertz CT molecular complexity index is 631. The van der Waals surface area contributed by atoms with E-state index in [1.165, 1.54) is 17.3 Å². The molecule has 0 saturated carbocycles. The summed E-state index contributed by atoms with van der Waals surface area (Å²) in [5, 5.41) is 3.65. The summed E-state index contributed by atoms with van der Waals surface area (Å²) in [7, 11) is 1.68. The number of hydrogen-bond donors (Lipinski definition) is 1. The highest BCUT2D eigenvalue weighted by molar-refractivity contribution is 8.00. The molecule has 122 valence electrons. The summed E-state index contributed by atoms with van der Waals surface area (Å²) >= 11 is 7.34. The van der Waals surface area contributed by atoms with E-state index in [1.54, 1.807) is 7.11 Å². The molecule has 2 rings (SSSR count). The first-order valence-electron chi connectivity index (χ1n) is 7.46. The normalized spacial score (nSPS) is 10.3. The summed E-state index contributed by atoms with van der Waals surface area (Å²) in [6.45, 7) is 0.665. The molecule has 0 heterocycles. The smallest absolute Gasteiger partial charge is 0.230 e. The summed E-state index contributed by atoms with van der Waals surface area (Å²) in [6, 6.07) is 15.5. The maximum absolute atomic E-state index is 11.8. The van der Waals surface area contributed by atoms with Crippen molar-refractivity contribution in [3.63, 3.8) is 0 Å². The van der Waals surface area contributed by atoms with Crippen LogP contribution in [0.1, 0.15) is 12.0 Å². The average Bonchev–Trinajstić information content (AvgIpc) is 2.58. The van der Waals surface area contributed by atoms with Crippen LogP contribution in [0.4, 0.5) is 0 Å². The number of aryl methyl sites for hydroxylation is 1. The Balaban J connectivity index is 1.66. The van der Waals surface area contributed by atoms with Crippen LogP contribution in [-0.2, 0) is 11.2 Å². The topological polar surface area (TPSA) is 38.3 Å². The van der Waals surface area contributed by atoms with Crippen LogP contribution in [-0.4, -0.2) is 25.3 Å². The number of benzene rings is 2. The first-order chi connectivity index (χ1) is 11.2. The minimum Gasteiger partial charge on any atom is -0.496 e. The van der Waals surface area contributed by atoms with Crippen LogP contribution in [0.3, 0.4) is 0 Å². The molecular weight excluding hydrogens is 330 g/mol. The van der Waals surface area contributed by atoms with Crippen LogP contribution in [0.15, 0.2) is 53.4 Å². The van der Waals surface area contributed by atoms with Gasteiger partial charge in [-0.25, -0.2) is 0 Å². The van der Waals surface area contributed by atoms with Crippen molar-refractivity contribution in [1.82, 2.24) is 5.32 Å². The van der Waals surface area contributed by atoms with Crippen molar-refractivity contribution in [2.45, 2.75) is 17.7 Å². The Hall–Kier alpha value is -1.65. The highest BCUT2D eigenvalue weighted by Gasteiger charge is 2.04. The van der Waals surface area contributed by atoms with E-state index in [0.29, 0.717) is 17.3 Å². The number of rotatable bonds is 8. The molecule has 23 heavy (non-hydrogen) atoms. The predicted octanol–water partition coefficient (Wildman–Crippen LogP) is 4.19. The lowest BCUT2D eigenvalue weighted by Crippen LogP contribution is -2.26. The zero-order valence-corrected chi connectivity index (χ0v) is 14.6. The number of methoxy groups -OCH3 is 1. The number of para-hydroxylation sites is 1. The van der Waals surface area contributed by atoms with E-state index in [9.17, 15) is 4.79 Å². The molecule has 0 spiro atoms. The molecule has 2 aromatic carbocycles. The minimum absolute atomic E-state index is 0.0463. The molecule has 0 radical (unpaired) electrons. The molecule has 0 bridgehead atoms. The SMILES string of the molecule is COc1ccccc1CCCNC(=O)CSc1ccc(Cl)cc1. The summed E-state index contributed by atoms with van der Waals surface area (Å²) in [5.74, 6) is 1.36. The lowest BCUT2D eigenvalue weighted by Gasteiger charge is -2.08. The van der Waals surface area contributed by atoms with Gasteiger partial charge in [-0.05, 0) is 48.7 Å². The van der Waals surface area contributed by atoms with Gasteiger partial charge in [-0.2, -0.15) is 0 Å². The largest absolute Gasteiger partial charge is 0.496 e. The summed E-state index contributed by atoms with van der Waals surface area (Å²) in [5.41, 5.74) is 1.17. The van der Waals surface area contributed by atoms with E-state index in [1.807, 2.05) is 42.5 Å². The molecule has 0 saturated heterocycles. The molecular formula is C18H20ClNO2S. The van der Waals surface area contributed by atoms with Crippen LogP contribution >= 0.6 is 23.4 Å². The quantitative estimate of drug-likeness (QED) is 0.573. The highest BCUT2D eigenvalue weighted by Crippen LogP contribution is 2.20. The summed E-state index contributed by atoms with van der Waals surface area (Å²) in [4.78, 5) is 12.9. The van der Waals surface area contributed by atoms with Gasteiger partial charge < -0.3 is 10.1 Å². The molecule has 2 aromatic rings. The van der Waals surface area contributed by atoms with Gasteiger partial charge in [-0.15, -0.1) is 11.8 Å². The van der Waals surface area contributed by atoms with E-state index in [-0.39, 0.29) is 5.91 Å². The van der Waals surface area contributed by atoms with Gasteiger partial charge in [0.2, 0.25) is 5.91 Å². The number of nitrogens with one attached hydrogen (secondary N) is 1. The van der Waals surface area contributed by atoms with Crippen LogP contribution < -0.4 is 10.1 Å². The third-order valence-corrected chi connectivity index (χ3v) is 4.59. The number of amides is 1. The highest BCUT2D eigenvalue weighted by atomic mass is 35.5. The third kappa shape index (κ3) is 6.16. The minimum atomic E-state index is 0.0463. The fraction of sp³-hybridized carbons (Fsp3) is 0.278. The van der Waals surface area contributed by atoms with E-state index < -0.39 is 0 Å². The molecule has 0 fully saturated rings. The fourth-order valence-electron chi connectivity index (χ4n) is 2.15. The van der Waals surface area contributed by atoms with Gasteiger partial charge in [0.15, 0.2) is 0 Å². The lowest BCUT2D eigenvalue weighted by atomic mass is 10.1. The van der Waals surface area contributed by atoms with Crippen molar-refractivity contribution in [2.75, 3.05) is 19.4 Å². The first kappa shape index (κ1) is 17.7. The maximum atomic E-state index is 11.8. The van der Waals surface area contributed by atoms with Crippen molar-refractivity contribution < 1.29 is 9.53 Å². The molecule has 1 amide bonds. The third-order valence-electron chi connectivity index (χ3n) is 3.32. The Morgan fingerprint density at radius 1 is 1.17 bits per heavy atom. The second-order valence-corrected chi connectivity index (χ2v) is 6.49. The standard InChI is InChI=1S/C18H20ClNO2S/c1-22-17-7-3-2-5-14(17)6-4-12-20-18(21)13-23-16-10-8-15(19)9-11-16/h2-3,5,7-11H,4,6,12-13H2,1H3,(H,20,21). The second-order valence-electron chi connectivity index (χ2n) is 5.01. The van der Waals surface area contributed by atoms with Gasteiger partial charge in [0.25, 0.3) is 0 Å². The lowest BCUT2D eigenvalue weighted by molar-refractivity contribution is -0.118. The number of ether oxygens (including phenoxy) is 1. The molecule has 0 unspecified atom stereocenters. The Labute approximate surface area is 146 Å². The molecule has 0 atom stereocenters. The van der Waals surface area contributed by atoms with Crippen molar-refractivity contribution in [2.24, 2.45) is 0 Å². The zero-order chi connectivity index (χ0) is 16.5. The first-order valence-corrected chi connectivity index (χ1v) is 8.82. The Kier molecular flexibility index (Phi) is 7.30. The van der Waals surface area contributed by atoms with Crippen LogP contribution in [0.2, 0.25) is 5.02 Å². The van der Waals surface area contributed by atoms with Crippen molar-refractivity contribution >= 4 is 29.3 Å². The van der Waals surface area contributed by atoms with E-state index in [2.05, 4.69) is 11.4 Å². The number of carbonyl (C=O) groups excluding carboxylic acids is 1. The number of thioether (sulfide) groups is 1. The molecule has 1 N–H and O–H groups in total. The van der Waals surface area contributed by atoms with Gasteiger partial charge >= 0.3 is 0 Å². The molecule has 0 aliphatic rings. The molecule has 0 aliphatic carbocycles. The van der Waals surface area contributed by atoms with Crippen LogP contribution in [0.25, 0.3) is 0 Å². The number of hydrogen-bond acceptors (Lipinski definition) is 3. The fourth-order valence-corrected chi connectivity index (χ4v) is 3.00. The Morgan fingerprint density at radius 2 is 1.91 bits per heavy atom. The maximum Gasteiger partial charge on any atom is 0.230 e. The van der Waals surface area contributed by atoms with Gasteiger partial charge in [0.05, 0.1) is 12.9 Å². The Morgan fingerprint density at radius 3 is 2.65 bits per heavy atom. The van der Waals surface area contributed by atoms with E-state index in [0.717, 1.165) is 23.5 Å². The monoisotopic (exact) mass is 349 g/mol. The van der Waals surface area contributed by atoms with Gasteiger partial charge in [0, 0.05) is 16.5 Å². The number of halogens is 1. The molecule has 5 heteroatoms. The van der Waals surface area contributed by atoms with Crippen molar-refractivity contribution in [3.8, 4) is 5.75 Å². The van der Waals surface area contributed by atoms with Crippen molar-refractivity contribution in [1.29, 1.82) is 0 Å². The van der Waals surface area contributed by atoms with Crippen LogP contribution in [0.5, 0.6) is 5.75 Å².